The van der Waals surface area contributed by atoms with E-state index in [1.807, 2.05) is 0 Å². The van der Waals surface area contributed by atoms with Gasteiger partial charge in [-0.15, -0.1) is 0 Å². The maximum absolute atomic E-state index is 11.6. The van der Waals surface area contributed by atoms with Crippen molar-refractivity contribution >= 4 is 17.0 Å². The van der Waals surface area contributed by atoms with Crippen LogP contribution in [0, 0.1) is 0 Å². The lowest BCUT2D eigenvalue weighted by atomic mass is 10.2. The average molecular weight is 256 g/mol. The van der Waals surface area contributed by atoms with E-state index in [1.165, 1.54) is 0 Å². The molecule has 19 heavy (non-hydrogen) atoms. The SMILES string of the molecule is O=C(O)c1cnc(-c2ccc3nc[nH]c3c2)[nH]c1=O. The lowest BCUT2D eigenvalue weighted by Gasteiger charge is -2.01. The van der Waals surface area contributed by atoms with E-state index in [2.05, 4.69) is 19.9 Å². The van der Waals surface area contributed by atoms with Crippen molar-refractivity contribution < 1.29 is 9.90 Å². The van der Waals surface area contributed by atoms with Crippen LogP contribution >= 0.6 is 0 Å². The Morgan fingerprint density at radius 3 is 2.84 bits per heavy atom. The van der Waals surface area contributed by atoms with Crippen LogP contribution < -0.4 is 5.56 Å². The van der Waals surface area contributed by atoms with Gasteiger partial charge < -0.3 is 15.1 Å². The largest absolute Gasteiger partial charge is 0.477 e. The number of carboxylic acid groups (broad SMARTS) is 1. The van der Waals surface area contributed by atoms with Crippen LogP contribution in [0.2, 0.25) is 0 Å². The third kappa shape index (κ3) is 1.86. The van der Waals surface area contributed by atoms with Crippen LogP contribution in [0.4, 0.5) is 0 Å². The highest BCUT2D eigenvalue weighted by Gasteiger charge is 2.11. The number of fused-ring (bicyclic) bond motifs is 1. The number of benzene rings is 1. The van der Waals surface area contributed by atoms with Gasteiger partial charge in [-0.1, -0.05) is 0 Å². The molecule has 3 rings (SSSR count). The molecule has 3 aromatic rings. The fraction of sp³-hybridized carbons (Fsp3) is 0. The number of aromatic amines is 2. The standard InChI is InChI=1S/C12H8N4O3/c17-11-7(12(18)19)4-13-10(16-11)6-1-2-8-9(3-6)15-5-14-8/h1-5H,(H,14,15)(H,18,19)(H,13,16,17). The van der Waals surface area contributed by atoms with Gasteiger partial charge in [-0.25, -0.2) is 14.8 Å². The van der Waals surface area contributed by atoms with E-state index in [1.54, 1.807) is 24.5 Å². The van der Waals surface area contributed by atoms with Gasteiger partial charge >= 0.3 is 5.97 Å². The highest BCUT2D eigenvalue weighted by Crippen LogP contribution is 2.18. The molecule has 0 radical (unpaired) electrons. The normalized spacial score (nSPS) is 10.7. The van der Waals surface area contributed by atoms with Gasteiger partial charge in [0.2, 0.25) is 0 Å². The molecule has 7 heteroatoms. The second-order valence-corrected chi connectivity index (χ2v) is 3.91. The predicted molar refractivity (Wildman–Crippen MR) is 66.9 cm³/mol. The highest BCUT2D eigenvalue weighted by molar-refractivity contribution is 5.87. The minimum atomic E-state index is -1.30. The number of aromatic carboxylic acids is 1. The molecule has 0 aliphatic carbocycles. The van der Waals surface area contributed by atoms with Gasteiger partial charge in [0, 0.05) is 11.8 Å². The van der Waals surface area contributed by atoms with E-state index >= 15 is 0 Å². The molecule has 3 N–H and O–H groups in total. The minimum Gasteiger partial charge on any atom is -0.477 e. The number of hydrogen-bond acceptors (Lipinski definition) is 4. The van der Waals surface area contributed by atoms with E-state index in [0.717, 1.165) is 17.2 Å². The Balaban J connectivity index is 2.13. The zero-order valence-electron chi connectivity index (χ0n) is 9.54. The average Bonchev–Trinajstić information content (AvgIpc) is 2.85. The summed E-state index contributed by atoms with van der Waals surface area (Å²) in [6.45, 7) is 0. The lowest BCUT2D eigenvalue weighted by Crippen LogP contribution is -2.18. The Morgan fingerprint density at radius 2 is 2.11 bits per heavy atom. The van der Waals surface area contributed by atoms with Gasteiger partial charge in [-0.05, 0) is 18.2 Å². The molecule has 0 saturated carbocycles. The van der Waals surface area contributed by atoms with Gasteiger partial charge in [0.25, 0.3) is 5.56 Å². The number of nitrogens with one attached hydrogen (secondary N) is 2. The van der Waals surface area contributed by atoms with E-state index in [-0.39, 0.29) is 5.56 Å². The van der Waals surface area contributed by atoms with Crippen molar-refractivity contribution in [3.05, 3.63) is 46.6 Å². The van der Waals surface area contributed by atoms with Gasteiger partial charge in [0.15, 0.2) is 0 Å². The first kappa shape index (κ1) is 11.1. The molecule has 0 aliphatic heterocycles. The summed E-state index contributed by atoms with van der Waals surface area (Å²) in [7, 11) is 0. The molecule has 2 heterocycles. The summed E-state index contributed by atoms with van der Waals surface area (Å²) in [6, 6.07) is 5.31. The summed E-state index contributed by atoms with van der Waals surface area (Å²) >= 11 is 0. The van der Waals surface area contributed by atoms with Crippen LogP contribution in [-0.4, -0.2) is 31.0 Å². The van der Waals surface area contributed by atoms with Crippen molar-refractivity contribution in [1.29, 1.82) is 0 Å². The summed E-state index contributed by atoms with van der Waals surface area (Å²) in [5.74, 6) is -0.990. The number of aromatic nitrogens is 4. The Kier molecular flexibility index (Phi) is 2.38. The summed E-state index contributed by atoms with van der Waals surface area (Å²) in [6.07, 6.45) is 2.62. The molecule has 94 valence electrons. The number of hydrogen-bond donors (Lipinski definition) is 3. The van der Waals surface area contributed by atoms with Crippen molar-refractivity contribution in [2.45, 2.75) is 0 Å². The minimum absolute atomic E-state index is 0.312. The van der Waals surface area contributed by atoms with Gasteiger partial charge in [-0.3, -0.25) is 4.79 Å². The van der Waals surface area contributed by atoms with Crippen LogP contribution in [0.3, 0.4) is 0 Å². The maximum Gasteiger partial charge on any atom is 0.342 e. The van der Waals surface area contributed by atoms with E-state index < -0.39 is 11.5 Å². The molecule has 0 aliphatic rings. The Bertz CT molecular complexity index is 834. The Labute approximate surface area is 106 Å². The topological polar surface area (TPSA) is 112 Å². The molecule has 7 nitrogen and oxygen atoms in total. The summed E-state index contributed by atoms with van der Waals surface area (Å²) in [5, 5.41) is 8.77. The molecular formula is C12H8N4O3. The van der Waals surface area contributed by atoms with Crippen molar-refractivity contribution in [2.75, 3.05) is 0 Å². The summed E-state index contributed by atoms with van der Waals surface area (Å²) < 4.78 is 0. The molecule has 0 fully saturated rings. The van der Waals surface area contributed by atoms with E-state index in [9.17, 15) is 9.59 Å². The van der Waals surface area contributed by atoms with Crippen LogP contribution in [-0.2, 0) is 0 Å². The van der Waals surface area contributed by atoms with Crippen LogP contribution in [0.5, 0.6) is 0 Å². The molecule has 0 saturated heterocycles. The number of rotatable bonds is 2. The number of carboxylic acids is 1. The number of nitrogens with zero attached hydrogens (tertiary/aromatic N) is 2. The highest BCUT2D eigenvalue weighted by atomic mass is 16.4. The number of imidazole rings is 1. The van der Waals surface area contributed by atoms with Crippen molar-refractivity contribution in [3.8, 4) is 11.4 Å². The fourth-order valence-corrected chi connectivity index (χ4v) is 1.78. The lowest BCUT2D eigenvalue weighted by molar-refractivity contribution is 0.0694. The molecule has 0 spiro atoms. The van der Waals surface area contributed by atoms with E-state index in [4.69, 9.17) is 5.11 Å². The summed E-state index contributed by atoms with van der Waals surface area (Å²) in [4.78, 5) is 35.7. The first-order valence-corrected chi connectivity index (χ1v) is 5.41. The third-order valence-electron chi connectivity index (χ3n) is 2.72. The van der Waals surface area contributed by atoms with Crippen molar-refractivity contribution in [2.24, 2.45) is 0 Å². The Morgan fingerprint density at radius 1 is 1.26 bits per heavy atom. The molecule has 0 unspecified atom stereocenters. The quantitative estimate of drug-likeness (QED) is 0.633. The fourth-order valence-electron chi connectivity index (χ4n) is 1.78. The van der Waals surface area contributed by atoms with Gasteiger partial charge in [0.05, 0.1) is 17.4 Å². The summed E-state index contributed by atoms with van der Waals surface area (Å²) in [5.41, 5.74) is 1.22. The molecule has 0 amide bonds. The second kappa shape index (κ2) is 4.05. The second-order valence-electron chi connectivity index (χ2n) is 3.91. The monoisotopic (exact) mass is 256 g/mol. The molecule has 0 bridgehead atoms. The van der Waals surface area contributed by atoms with Crippen LogP contribution in [0.25, 0.3) is 22.4 Å². The molecule has 1 aromatic carbocycles. The van der Waals surface area contributed by atoms with Gasteiger partial charge in [0.1, 0.15) is 11.4 Å². The smallest absolute Gasteiger partial charge is 0.342 e. The zero-order chi connectivity index (χ0) is 13.4. The molecule has 2 aromatic heterocycles. The number of H-pyrrole nitrogens is 2. The Hall–Kier alpha value is -2.96. The van der Waals surface area contributed by atoms with Crippen LogP contribution in [0.1, 0.15) is 10.4 Å². The first-order chi connectivity index (χ1) is 9.15. The predicted octanol–water partition coefficient (Wildman–Crippen LogP) is 1.01. The maximum atomic E-state index is 11.6. The molecular weight excluding hydrogens is 248 g/mol. The van der Waals surface area contributed by atoms with Crippen LogP contribution in [0.15, 0.2) is 35.5 Å². The first-order valence-electron chi connectivity index (χ1n) is 5.41. The van der Waals surface area contributed by atoms with Gasteiger partial charge in [-0.2, -0.15) is 0 Å². The zero-order valence-corrected chi connectivity index (χ0v) is 9.54. The number of carbonyl (C=O) groups is 1. The van der Waals surface area contributed by atoms with Crippen molar-refractivity contribution in [3.63, 3.8) is 0 Å². The van der Waals surface area contributed by atoms with Crippen molar-refractivity contribution in [1.82, 2.24) is 19.9 Å². The van der Waals surface area contributed by atoms with E-state index in [0.29, 0.717) is 11.4 Å². The molecule has 0 atom stereocenters. The third-order valence-corrected chi connectivity index (χ3v) is 2.72.